The number of aliphatic hydroxyl groups is 1. The van der Waals surface area contributed by atoms with Gasteiger partial charge in [-0.05, 0) is 85.8 Å². The number of carbonyl (C=O) groups is 2. The second kappa shape index (κ2) is 19.9. The van der Waals surface area contributed by atoms with Crippen molar-refractivity contribution in [3.05, 3.63) is 132 Å². The number of halogens is 2. The molecule has 0 spiro atoms. The van der Waals surface area contributed by atoms with Crippen LogP contribution in [0.3, 0.4) is 0 Å². The molecule has 2 aromatic heterocycles. The van der Waals surface area contributed by atoms with Crippen LogP contribution in [-0.2, 0) is 26.5 Å². The van der Waals surface area contributed by atoms with Gasteiger partial charge in [-0.25, -0.2) is 24.3 Å². The normalized spacial score (nSPS) is 15.1. The van der Waals surface area contributed by atoms with Gasteiger partial charge in [-0.3, -0.25) is 9.59 Å². The molecule has 2 fully saturated rings. The molecule has 2 aliphatic rings. The molecule has 6 aromatic rings. The topological polar surface area (TPSA) is 196 Å². The van der Waals surface area contributed by atoms with Crippen molar-refractivity contribution in [1.82, 2.24) is 29.9 Å². The van der Waals surface area contributed by atoms with Crippen LogP contribution in [0.2, 0.25) is 5.02 Å². The molecular formula is C45H46ClFN12O4. The van der Waals surface area contributed by atoms with Crippen LogP contribution >= 0.6 is 11.6 Å². The van der Waals surface area contributed by atoms with Crippen LogP contribution < -0.4 is 31.1 Å². The Morgan fingerprint density at radius 2 is 1.24 bits per heavy atom. The lowest BCUT2D eigenvalue weighted by atomic mass is 9.84. The fraction of sp³-hybridized carbons (Fsp3) is 0.289. The number of amides is 2. The van der Waals surface area contributed by atoms with Gasteiger partial charge in [0, 0.05) is 72.4 Å². The lowest BCUT2D eigenvalue weighted by molar-refractivity contribution is -0.121. The molecular weight excluding hydrogens is 827 g/mol. The van der Waals surface area contributed by atoms with Crippen LogP contribution in [0.1, 0.15) is 49.7 Å². The number of hydrogen-bond acceptors (Lipinski definition) is 14. The molecule has 0 radical (unpaired) electrons. The van der Waals surface area contributed by atoms with Crippen LogP contribution in [0.15, 0.2) is 110 Å². The van der Waals surface area contributed by atoms with Crippen molar-refractivity contribution in [3.8, 4) is 0 Å². The maximum absolute atomic E-state index is 14.4. The summed E-state index contributed by atoms with van der Waals surface area (Å²) in [6.45, 7) is 2.84. The van der Waals surface area contributed by atoms with Gasteiger partial charge in [-0.2, -0.15) is 9.97 Å². The molecule has 0 unspecified atom stereocenters. The summed E-state index contributed by atoms with van der Waals surface area (Å²) in [7, 11) is 0. The van der Waals surface area contributed by atoms with Gasteiger partial charge in [0.1, 0.15) is 18.5 Å². The lowest BCUT2D eigenvalue weighted by Gasteiger charge is -2.38. The van der Waals surface area contributed by atoms with Gasteiger partial charge in [0.05, 0.1) is 18.3 Å². The highest BCUT2D eigenvalue weighted by Crippen LogP contribution is 2.35. The van der Waals surface area contributed by atoms with E-state index in [1.54, 1.807) is 60.7 Å². The standard InChI is InChI=1S/C45H46ClFN12O4/c46-31-7-3-6-30(24-31)27-63-36-16-20-58(21-17-36)43-50-28-48-41(56-43)54-34-10-4-8-32(25-34)52-39(60)14-15-40(61)53-33-9-5-11-35(26-33)55-42-49-29-51-44(57-42)59-22-18-45(62,19-23-59)37-12-1-2-13-38(37)47/h1-13,24-26,28-29,36,62H,14-23,27H2,(H,52,60)(H,53,61)(H,48,50,54,56)(H,49,51,55,57). The van der Waals surface area contributed by atoms with Crippen molar-refractivity contribution < 1.29 is 23.8 Å². The first-order chi connectivity index (χ1) is 30.6. The zero-order valence-electron chi connectivity index (χ0n) is 34.3. The number of carbonyl (C=O) groups excluding carboxylic acids is 2. The molecule has 8 rings (SSSR count). The maximum atomic E-state index is 14.4. The Kier molecular flexibility index (Phi) is 13.5. The van der Waals surface area contributed by atoms with E-state index in [0.717, 1.165) is 31.5 Å². The Morgan fingerprint density at radius 1 is 0.698 bits per heavy atom. The van der Waals surface area contributed by atoms with Crippen molar-refractivity contribution in [2.24, 2.45) is 0 Å². The number of anilines is 8. The van der Waals surface area contributed by atoms with Crippen LogP contribution in [0, 0.1) is 5.82 Å². The molecule has 4 aromatic carbocycles. The van der Waals surface area contributed by atoms with Crippen LogP contribution in [-0.4, -0.2) is 79.1 Å². The first-order valence-corrected chi connectivity index (χ1v) is 21.1. The highest BCUT2D eigenvalue weighted by molar-refractivity contribution is 6.30. The summed E-state index contributed by atoms with van der Waals surface area (Å²) in [6, 6.07) is 28.2. The number of benzene rings is 4. The van der Waals surface area contributed by atoms with Gasteiger partial charge in [-0.1, -0.05) is 54.1 Å². The molecule has 0 aliphatic carbocycles. The van der Waals surface area contributed by atoms with Gasteiger partial charge < -0.3 is 40.9 Å². The predicted octanol–water partition coefficient (Wildman–Crippen LogP) is 7.37. The Hall–Kier alpha value is -6.82. The summed E-state index contributed by atoms with van der Waals surface area (Å²) in [4.78, 5) is 56.2. The van der Waals surface area contributed by atoms with E-state index in [1.807, 2.05) is 35.2 Å². The van der Waals surface area contributed by atoms with Crippen LogP contribution in [0.4, 0.5) is 50.9 Å². The van der Waals surface area contributed by atoms with Gasteiger partial charge in [-0.15, -0.1) is 0 Å². The van der Waals surface area contributed by atoms with Crippen molar-refractivity contribution in [3.63, 3.8) is 0 Å². The number of aromatic nitrogens is 6. The zero-order valence-corrected chi connectivity index (χ0v) is 35.0. The zero-order chi connectivity index (χ0) is 43.6. The van der Waals surface area contributed by atoms with Gasteiger partial charge in [0.2, 0.25) is 35.6 Å². The van der Waals surface area contributed by atoms with E-state index >= 15 is 0 Å². The second-order valence-corrected chi connectivity index (χ2v) is 15.8. The average Bonchev–Trinajstić information content (AvgIpc) is 3.29. The molecule has 2 aliphatic heterocycles. The Labute approximate surface area is 368 Å². The fourth-order valence-electron chi connectivity index (χ4n) is 7.53. The number of nitrogens with zero attached hydrogens (tertiary/aromatic N) is 8. The fourth-order valence-corrected chi connectivity index (χ4v) is 7.74. The van der Waals surface area contributed by atoms with Crippen LogP contribution in [0.25, 0.3) is 0 Å². The molecule has 0 saturated carbocycles. The van der Waals surface area contributed by atoms with E-state index in [2.05, 4.69) is 56.1 Å². The van der Waals surface area contributed by atoms with E-state index in [1.165, 1.54) is 18.7 Å². The number of hydrogen-bond donors (Lipinski definition) is 5. The molecule has 63 heavy (non-hydrogen) atoms. The largest absolute Gasteiger partial charge is 0.385 e. The third kappa shape index (κ3) is 11.6. The molecule has 2 saturated heterocycles. The minimum absolute atomic E-state index is 0.0393. The Balaban J connectivity index is 0.772. The first-order valence-electron chi connectivity index (χ1n) is 20.7. The summed E-state index contributed by atoms with van der Waals surface area (Å²) in [6.07, 6.45) is 5.21. The molecule has 0 bridgehead atoms. The van der Waals surface area contributed by atoms with E-state index in [0.29, 0.717) is 83.7 Å². The van der Waals surface area contributed by atoms with Crippen molar-refractivity contribution in [2.45, 2.75) is 56.8 Å². The Bertz CT molecular complexity index is 2540. The van der Waals surface area contributed by atoms with Gasteiger partial charge in [0.25, 0.3) is 0 Å². The maximum Gasteiger partial charge on any atom is 0.231 e. The monoisotopic (exact) mass is 872 g/mol. The predicted molar refractivity (Wildman–Crippen MR) is 239 cm³/mol. The highest BCUT2D eigenvalue weighted by Gasteiger charge is 2.36. The quantitative estimate of drug-likeness (QED) is 0.0686. The van der Waals surface area contributed by atoms with Crippen molar-refractivity contribution >= 4 is 70.0 Å². The summed E-state index contributed by atoms with van der Waals surface area (Å²) in [5.74, 6) is 0.564. The smallest absolute Gasteiger partial charge is 0.231 e. The van der Waals surface area contributed by atoms with E-state index in [-0.39, 0.29) is 36.7 Å². The lowest BCUT2D eigenvalue weighted by Crippen LogP contribution is -2.43. The minimum Gasteiger partial charge on any atom is -0.385 e. The summed E-state index contributed by atoms with van der Waals surface area (Å²) >= 11 is 6.11. The van der Waals surface area contributed by atoms with Crippen molar-refractivity contribution in [2.75, 3.05) is 57.2 Å². The van der Waals surface area contributed by atoms with Crippen LogP contribution in [0.5, 0.6) is 0 Å². The molecule has 5 N–H and O–H groups in total. The number of rotatable bonds is 15. The molecule has 2 amide bonds. The van der Waals surface area contributed by atoms with Crippen molar-refractivity contribution in [1.29, 1.82) is 0 Å². The second-order valence-electron chi connectivity index (χ2n) is 15.4. The number of ether oxygens (including phenoxy) is 1. The third-order valence-corrected chi connectivity index (χ3v) is 11.1. The Morgan fingerprint density at radius 3 is 1.81 bits per heavy atom. The van der Waals surface area contributed by atoms with E-state index < -0.39 is 11.4 Å². The number of nitrogens with one attached hydrogen (secondary N) is 4. The van der Waals surface area contributed by atoms with E-state index in [9.17, 15) is 19.1 Å². The third-order valence-electron chi connectivity index (χ3n) is 10.9. The molecule has 0 atom stereocenters. The molecule has 16 nitrogen and oxygen atoms in total. The summed E-state index contributed by atoms with van der Waals surface area (Å²) in [5.41, 5.74) is 2.42. The van der Waals surface area contributed by atoms with E-state index in [4.69, 9.17) is 16.3 Å². The average molecular weight is 873 g/mol. The minimum atomic E-state index is -1.27. The molecule has 4 heterocycles. The first kappa shape index (κ1) is 42.9. The highest BCUT2D eigenvalue weighted by atomic mass is 35.5. The number of piperidine rings is 2. The van der Waals surface area contributed by atoms with Gasteiger partial charge >= 0.3 is 0 Å². The summed E-state index contributed by atoms with van der Waals surface area (Å²) < 4.78 is 20.6. The SMILES string of the molecule is O=C(CCC(=O)Nc1cccc(Nc2ncnc(N3CCC(O)(c4ccccc4F)CC3)n2)c1)Nc1cccc(Nc2ncnc(N3CCC(OCc4cccc(Cl)c4)CC3)n2)c1. The van der Waals surface area contributed by atoms with Gasteiger partial charge in [0.15, 0.2) is 0 Å². The molecule has 324 valence electrons. The molecule has 18 heteroatoms. The summed E-state index contributed by atoms with van der Waals surface area (Å²) in [5, 5.41) is 23.9.